The maximum atomic E-state index is 7.50. The van der Waals surface area contributed by atoms with E-state index in [4.69, 9.17) is 23.3 Å². The van der Waals surface area contributed by atoms with Gasteiger partial charge < -0.3 is 0 Å². The zero-order chi connectivity index (χ0) is 17.0. The van der Waals surface area contributed by atoms with Gasteiger partial charge in [-0.1, -0.05) is 0 Å². The summed E-state index contributed by atoms with van der Waals surface area (Å²) in [5.74, 6) is 0. The quantitative estimate of drug-likeness (QED) is 0.538. The molecule has 1 heterocycles. The summed E-state index contributed by atoms with van der Waals surface area (Å²) in [6, 6.07) is 8.08. The fraction of sp³-hybridized carbons (Fsp3) is 0. The first-order valence-electron chi connectivity index (χ1n) is 4.05. The standard InChI is InChI=1S/C7H6N2.5CO.Cr/c1-2-4-7-6(3-1)8-5-9-7;5*1-2;/h1-4,8-9H;;;;;;. The first-order valence-corrected chi connectivity index (χ1v) is 4.69. The van der Waals surface area contributed by atoms with Gasteiger partial charge in [0.05, 0.1) is 0 Å². The summed E-state index contributed by atoms with van der Waals surface area (Å²) in [6.45, 7) is 22.5. The molecule has 2 N–H and O–H groups in total. The van der Waals surface area contributed by atoms with Gasteiger partial charge in [0, 0.05) is 0 Å². The summed E-state index contributed by atoms with van der Waals surface area (Å²) in [5, 5.41) is 0. The average Bonchev–Trinajstić information content (AvgIpc) is 2.97. The molecule has 0 aliphatic carbocycles. The fourth-order valence-electron chi connectivity index (χ4n) is 0.977. The van der Waals surface area contributed by atoms with Crippen LogP contribution in [0.3, 0.4) is 0 Å². The average molecular weight is 310 g/mol. The summed E-state index contributed by atoms with van der Waals surface area (Å²) in [5.41, 5.74) is 2.27. The van der Waals surface area contributed by atoms with Crippen molar-refractivity contribution in [3.8, 4) is 0 Å². The van der Waals surface area contributed by atoms with Crippen LogP contribution in [0.4, 0.5) is 0 Å². The van der Waals surface area contributed by atoms with Crippen LogP contribution < -0.4 is 0 Å². The van der Waals surface area contributed by atoms with E-state index in [1.165, 1.54) is 0 Å². The van der Waals surface area contributed by atoms with Crippen LogP contribution >= 0.6 is 0 Å². The summed E-state index contributed by atoms with van der Waals surface area (Å²) >= 11 is 2.88. The third-order valence-corrected chi connectivity index (χ3v) is 1.74. The minimum absolute atomic E-state index is 0.973. The molecule has 0 saturated heterocycles. The number of rotatable bonds is 0. The number of aromatic amines is 2. The molecule has 0 radical (unpaired) electrons. The van der Waals surface area contributed by atoms with Gasteiger partial charge in [-0.15, -0.1) is 0 Å². The Kier molecular flexibility index (Phi) is 34.0. The molecule has 0 atom stereocenters. The number of fused-ring (bicyclic) bond motifs is 1. The van der Waals surface area contributed by atoms with Crippen molar-refractivity contribution in [3.05, 3.63) is 61.8 Å². The Morgan fingerprint density at radius 3 is 1.15 bits per heavy atom. The zero-order valence-electron chi connectivity index (χ0n) is 9.76. The second-order valence-electron chi connectivity index (χ2n) is 2.12. The monoisotopic (exact) mass is 310 g/mol. The van der Waals surface area contributed by atoms with E-state index >= 15 is 0 Å². The third kappa shape index (κ3) is 12.4. The van der Waals surface area contributed by atoms with Gasteiger partial charge in [0.15, 0.2) is 0 Å². The van der Waals surface area contributed by atoms with Gasteiger partial charge in [0.25, 0.3) is 0 Å². The number of benzene rings is 1. The molecule has 2 rings (SSSR count). The first kappa shape index (κ1) is 26.5. The number of para-hydroxylation sites is 2. The van der Waals surface area contributed by atoms with Crippen molar-refractivity contribution >= 4 is 11.0 Å². The number of H-pyrrole nitrogens is 2. The Bertz CT molecular complexity index is 533. The maximum absolute atomic E-state index is 7.50. The number of aromatic nitrogens is 2. The number of hydrogen-bond donors (Lipinski definition) is 2. The SMILES string of the molecule is [C-]#[O+].[C-]#[O+].[C-]#[O+].[C-]#[O+].[C-]#[O+].[Cr]=[c]1[nH]c2ccccc2[nH]1. The molecule has 7 nitrogen and oxygen atoms in total. The van der Waals surface area contributed by atoms with Crippen molar-refractivity contribution in [3.63, 3.8) is 0 Å². The van der Waals surface area contributed by atoms with E-state index in [0.717, 1.165) is 15.3 Å². The Hall–Kier alpha value is -2.08. The van der Waals surface area contributed by atoms with Crippen LogP contribution in [-0.4, -0.2) is 9.97 Å². The number of hydrogen-bond acceptors (Lipinski definition) is 0. The molecule has 20 heavy (non-hydrogen) atoms. The van der Waals surface area contributed by atoms with E-state index in [9.17, 15) is 0 Å². The second-order valence-corrected chi connectivity index (χ2v) is 2.76. The molecular formula is C12H6CrN2O5. The molecule has 100 valence electrons. The van der Waals surface area contributed by atoms with Crippen molar-refractivity contribution in [2.75, 3.05) is 0 Å². The molecular weight excluding hydrogens is 304 g/mol. The topological polar surface area (TPSA) is 131 Å². The predicted molar refractivity (Wildman–Crippen MR) is 55.5 cm³/mol. The molecule has 2 aromatic rings. The van der Waals surface area contributed by atoms with Crippen molar-refractivity contribution in [2.24, 2.45) is 0 Å². The van der Waals surface area contributed by atoms with Crippen LogP contribution in [0, 0.1) is 37.5 Å². The van der Waals surface area contributed by atoms with E-state index in [0.29, 0.717) is 0 Å². The minimum atomic E-state index is 0.973. The Labute approximate surface area is 122 Å². The fourth-order valence-corrected chi connectivity index (χ4v) is 1.32. The Morgan fingerprint density at radius 2 is 0.900 bits per heavy atom. The van der Waals surface area contributed by atoms with E-state index in [1.54, 1.807) is 0 Å². The second kappa shape index (κ2) is 25.7. The molecule has 8 heteroatoms. The van der Waals surface area contributed by atoms with Crippen LogP contribution in [0.25, 0.3) is 11.0 Å². The summed E-state index contributed by atoms with van der Waals surface area (Å²) < 4.78 is 38.5. The molecule has 0 aliphatic rings. The van der Waals surface area contributed by atoms with E-state index in [2.05, 4.69) is 59.1 Å². The van der Waals surface area contributed by atoms with Gasteiger partial charge in [0.1, 0.15) is 0 Å². The third-order valence-electron chi connectivity index (χ3n) is 1.42. The number of imidazole rings is 1. The predicted octanol–water partition coefficient (Wildman–Crippen LogP) is 1.39. The van der Waals surface area contributed by atoms with Gasteiger partial charge in [-0.05, 0) is 0 Å². The molecule has 0 unspecified atom stereocenters. The van der Waals surface area contributed by atoms with Gasteiger partial charge in [-0.3, -0.25) is 0 Å². The molecule has 1 aromatic carbocycles. The van der Waals surface area contributed by atoms with E-state index < -0.39 is 0 Å². The molecule has 0 spiro atoms. The summed E-state index contributed by atoms with van der Waals surface area (Å²) in [4.78, 5) is 6.29. The van der Waals surface area contributed by atoms with Crippen LogP contribution in [0.2, 0.25) is 0 Å². The zero-order valence-corrected chi connectivity index (χ0v) is 11.0. The first-order chi connectivity index (χ1) is 9.86. The van der Waals surface area contributed by atoms with Crippen LogP contribution in [-0.2, 0) is 39.1 Å². The van der Waals surface area contributed by atoms with E-state index in [1.807, 2.05) is 24.3 Å². The van der Waals surface area contributed by atoms with Crippen LogP contribution in [0.5, 0.6) is 0 Å². The Balaban J connectivity index is -0.000000110. The molecule has 0 saturated carbocycles. The molecule has 0 fully saturated rings. The van der Waals surface area contributed by atoms with Crippen molar-refractivity contribution in [1.29, 1.82) is 0 Å². The van der Waals surface area contributed by atoms with Gasteiger partial charge in [-0.2, -0.15) is 0 Å². The number of nitrogens with one attached hydrogen (secondary N) is 2. The molecule has 1 aromatic heterocycles. The van der Waals surface area contributed by atoms with Gasteiger partial charge in [-0.25, -0.2) is 0 Å². The normalized spacial score (nSPS) is 5.70. The molecule has 0 amide bonds. The van der Waals surface area contributed by atoms with Crippen molar-refractivity contribution < 1.29 is 39.1 Å². The molecule has 0 aliphatic heterocycles. The Morgan fingerprint density at radius 1 is 0.650 bits per heavy atom. The molecule has 0 bridgehead atoms. The van der Waals surface area contributed by atoms with Gasteiger partial charge >= 0.3 is 122 Å². The van der Waals surface area contributed by atoms with Crippen LogP contribution in [0.1, 0.15) is 0 Å². The summed E-state index contributed by atoms with van der Waals surface area (Å²) in [6.07, 6.45) is 0. The van der Waals surface area contributed by atoms with Gasteiger partial charge in [0.2, 0.25) is 0 Å². The summed E-state index contributed by atoms with van der Waals surface area (Å²) in [7, 11) is 0. The van der Waals surface area contributed by atoms with Crippen molar-refractivity contribution in [2.45, 2.75) is 0 Å². The van der Waals surface area contributed by atoms with Crippen LogP contribution in [0.15, 0.2) is 24.3 Å². The van der Waals surface area contributed by atoms with Crippen molar-refractivity contribution in [1.82, 2.24) is 9.97 Å². The van der Waals surface area contributed by atoms with E-state index in [-0.39, 0.29) is 0 Å².